The second-order valence-corrected chi connectivity index (χ2v) is 3.02. The molecule has 0 heterocycles. The molecule has 1 N–H and O–H groups in total. The molecule has 3 heteroatoms. The van der Waals surface area contributed by atoms with Crippen LogP contribution in [0.25, 0.3) is 0 Å². The lowest BCUT2D eigenvalue weighted by atomic mass is 10.3. The Morgan fingerprint density at radius 2 is 1.74 bits per heavy atom. The van der Waals surface area contributed by atoms with Crippen LogP contribution in [0.1, 0.15) is 62.7 Å². The fourth-order valence-electron chi connectivity index (χ4n) is 0.765. The molecular formula is C16H37NO2. The van der Waals surface area contributed by atoms with Crippen LogP contribution in [0.3, 0.4) is 0 Å². The first-order valence-corrected chi connectivity index (χ1v) is 7.20. The summed E-state index contributed by atoms with van der Waals surface area (Å²) >= 11 is 0. The van der Waals surface area contributed by atoms with Gasteiger partial charge in [-0.25, -0.2) is 0 Å². The van der Waals surface area contributed by atoms with Crippen molar-refractivity contribution >= 4 is 5.91 Å². The lowest BCUT2D eigenvalue weighted by molar-refractivity contribution is -0.121. The molecule has 0 fully saturated rings. The topological polar surface area (TPSA) is 38.3 Å². The third-order valence-corrected chi connectivity index (χ3v) is 1.27. The molecule has 0 aliphatic carbocycles. The monoisotopic (exact) mass is 275 g/mol. The molecule has 3 nitrogen and oxygen atoms in total. The van der Waals surface area contributed by atoms with E-state index in [1.54, 1.807) is 13.0 Å². The van der Waals surface area contributed by atoms with Gasteiger partial charge in [-0.3, -0.25) is 4.79 Å². The van der Waals surface area contributed by atoms with Crippen LogP contribution < -0.4 is 5.32 Å². The molecule has 0 aliphatic heterocycles. The summed E-state index contributed by atoms with van der Waals surface area (Å²) in [4.78, 5) is 10.9. The Hall–Kier alpha value is -1.25. The summed E-state index contributed by atoms with van der Waals surface area (Å²) in [6, 6.07) is 0. The van der Waals surface area contributed by atoms with Crippen molar-refractivity contribution in [3.05, 3.63) is 25.0 Å². The summed E-state index contributed by atoms with van der Waals surface area (Å²) in [5.41, 5.74) is 0. The smallest absolute Gasteiger partial charge is 0.220 e. The average Bonchev–Trinajstić information content (AvgIpc) is 2.40. The van der Waals surface area contributed by atoms with Crippen LogP contribution >= 0.6 is 0 Å². The fourth-order valence-corrected chi connectivity index (χ4v) is 0.765. The number of nitrogens with one attached hydrogen (secondary N) is 1. The lowest BCUT2D eigenvalue weighted by Crippen LogP contribution is -2.22. The van der Waals surface area contributed by atoms with Crippen molar-refractivity contribution in [1.82, 2.24) is 5.32 Å². The van der Waals surface area contributed by atoms with Gasteiger partial charge < -0.3 is 10.1 Å². The molecular weight excluding hydrogens is 238 g/mol. The molecule has 19 heavy (non-hydrogen) atoms. The van der Waals surface area contributed by atoms with Crippen LogP contribution in [0.15, 0.2) is 25.0 Å². The van der Waals surface area contributed by atoms with Gasteiger partial charge >= 0.3 is 0 Å². The number of allylic oxidation sites excluding steroid dienone is 2. The Bertz CT molecular complexity index is 195. The van der Waals surface area contributed by atoms with Gasteiger partial charge in [0.2, 0.25) is 5.91 Å². The van der Waals surface area contributed by atoms with Gasteiger partial charge in [0, 0.05) is 14.4 Å². The number of hydrogen-bond donors (Lipinski definition) is 1. The van der Waals surface area contributed by atoms with E-state index in [1.807, 2.05) is 41.5 Å². The first kappa shape index (κ1) is 26.3. The average molecular weight is 275 g/mol. The van der Waals surface area contributed by atoms with E-state index in [9.17, 15) is 4.79 Å². The number of amides is 1. The van der Waals surface area contributed by atoms with E-state index >= 15 is 0 Å². The molecule has 0 aromatic rings. The Balaban J connectivity index is -0.0000000802. The molecule has 0 saturated carbocycles. The van der Waals surface area contributed by atoms with Crippen LogP contribution in [-0.4, -0.2) is 19.1 Å². The van der Waals surface area contributed by atoms with E-state index in [0.717, 1.165) is 6.42 Å². The third-order valence-electron chi connectivity index (χ3n) is 1.27. The molecule has 118 valence electrons. The summed E-state index contributed by atoms with van der Waals surface area (Å²) in [5, 5.41) is 2.72. The van der Waals surface area contributed by atoms with E-state index in [0.29, 0.717) is 25.3 Å². The summed E-state index contributed by atoms with van der Waals surface area (Å²) < 4.78 is 5.10. The molecule has 0 atom stereocenters. The molecule has 0 unspecified atom stereocenters. The van der Waals surface area contributed by atoms with Gasteiger partial charge in [0.1, 0.15) is 0 Å². The maximum absolute atomic E-state index is 10.9. The minimum absolute atomic E-state index is 0. The van der Waals surface area contributed by atoms with E-state index in [4.69, 9.17) is 4.74 Å². The molecule has 0 radical (unpaired) electrons. The van der Waals surface area contributed by atoms with Gasteiger partial charge in [-0.15, -0.1) is 6.58 Å². The zero-order valence-corrected chi connectivity index (χ0v) is 14.1. The Labute approximate surface area is 122 Å². The van der Waals surface area contributed by atoms with Crippen molar-refractivity contribution in [3.63, 3.8) is 0 Å². The quantitative estimate of drug-likeness (QED) is 0.423. The second-order valence-electron chi connectivity index (χ2n) is 3.02. The van der Waals surface area contributed by atoms with Crippen LogP contribution in [0.5, 0.6) is 0 Å². The highest BCUT2D eigenvalue weighted by Gasteiger charge is 1.98. The predicted octanol–water partition coefficient (Wildman–Crippen LogP) is 4.94. The fraction of sp³-hybridized carbons (Fsp3) is 0.688. The highest BCUT2D eigenvalue weighted by molar-refractivity contribution is 5.75. The standard InChI is InChI=1S/C9H17NO2.C3H6.2C2H6.H2/c1-4-10-9(11)6-5-7-12-8(2)3;1-3-2;2*1-2;/h2,4-7H2,1,3H3,(H,10,11);3H,1H2,2H3;2*1-2H3;1H. The summed E-state index contributed by atoms with van der Waals surface area (Å²) in [5.74, 6) is 0.786. The predicted molar refractivity (Wildman–Crippen MR) is 89.4 cm³/mol. The number of ether oxygens (including phenoxy) is 1. The van der Waals surface area contributed by atoms with Crippen LogP contribution in [0.2, 0.25) is 0 Å². The van der Waals surface area contributed by atoms with Gasteiger partial charge in [0.15, 0.2) is 0 Å². The highest BCUT2D eigenvalue weighted by Crippen LogP contribution is 1.95. The first-order chi connectivity index (χ1) is 9.08. The third kappa shape index (κ3) is 47.6. The van der Waals surface area contributed by atoms with Gasteiger partial charge in [-0.1, -0.05) is 40.3 Å². The van der Waals surface area contributed by atoms with Crippen molar-refractivity contribution in [3.8, 4) is 0 Å². The van der Waals surface area contributed by atoms with Crippen molar-refractivity contribution in [1.29, 1.82) is 0 Å². The summed E-state index contributed by atoms with van der Waals surface area (Å²) in [6.07, 6.45) is 3.03. The zero-order chi connectivity index (χ0) is 16.1. The molecule has 0 aliphatic rings. The molecule has 0 saturated heterocycles. The van der Waals surface area contributed by atoms with Gasteiger partial charge in [-0.05, 0) is 27.2 Å². The molecule has 1 amide bonds. The normalized spacial score (nSPS) is 7.11. The van der Waals surface area contributed by atoms with E-state index in [-0.39, 0.29) is 7.33 Å². The number of hydrogen-bond acceptors (Lipinski definition) is 2. The number of rotatable bonds is 6. The number of carbonyl (C=O) groups excluding carboxylic acids is 1. The Morgan fingerprint density at radius 3 is 2.05 bits per heavy atom. The van der Waals surface area contributed by atoms with Crippen LogP contribution in [0, 0.1) is 0 Å². The minimum atomic E-state index is 0. The number of carbonyl (C=O) groups is 1. The Kier molecular flexibility index (Phi) is 41.7. The minimum Gasteiger partial charge on any atom is -0.499 e. The Morgan fingerprint density at radius 1 is 1.32 bits per heavy atom. The molecule has 0 spiro atoms. The van der Waals surface area contributed by atoms with Crippen molar-refractivity contribution in [2.24, 2.45) is 0 Å². The maximum Gasteiger partial charge on any atom is 0.220 e. The van der Waals surface area contributed by atoms with E-state index in [1.165, 1.54) is 0 Å². The highest BCUT2D eigenvalue weighted by atomic mass is 16.5. The van der Waals surface area contributed by atoms with Gasteiger partial charge in [0.05, 0.1) is 12.4 Å². The summed E-state index contributed by atoms with van der Waals surface area (Å²) in [6.45, 7) is 21.8. The van der Waals surface area contributed by atoms with Crippen LogP contribution in [0.4, 0.5) is 0 Å². The second kappa shape index (κ2) is 30.1. The first-order valence-electron chi connectivity index (χ1n) is 7.20. The summed E-state index contributed by atoms with van der Waals surface area (Å²) in [7, 11) is 0. The van der Waals surface area contributed by atoms with Crippen LogP contribution in [-0.2, 0) is 9.53 Å². The van der Waals surface area contributed by atoms with E-state index < -0.39 is 0 Å². The maximum atomic E-state index is 10.9. The van der Waals surface area contributed by atoms with E-state index in [2.05, 4.69) is 18.5 Å². The lowest BCUT2D eigenvalue weighted by Gasteiger charge is -2.04. The van der Waals surface area contributed by atoms with Crippen molar-refractivity contribution < 1.29 is 11.0 Å². The van der Waals surface area contributed by atoms with Crippen molar-refractivity contribution in [2.45, 2.75) is 61.3 Å². The van der Waals surface area contributed by atoms with Gasteiger partial charge in [-0.2, -0.15) is 0 Å². The molecule has 0 bridgehead atoms. The van der Waals surface area contributed by atoms with Crippen molar-refractivity contribution in [2.75, 3.05) is 13.2 Å². The largest absolute Gasteiger partial charge is 0.499 e. The van der Waals surface area contributed by atoms with Gasteiger partial charge in [0.25, 0.3) is 0 Å². The molecule has 0 rings (SSSR count). The molecule has 0 aromatic heterocycles. The molecule has 0 aromatic carbocycles. The SMILES string of the molecule is C=C(C)OCCCC(=O)NCC.C=CC.CC.CC.[HH]. The zero-order valence-electron chi connectivity index (χ0n) is 14.1.